The molecular formula is C15H20O. The van der Waals surface area contributed by atoms with Crippen molar-refractivity contribution in [3.05, 3.63) is 48.6 Å². The molecule has 0 amide bonds. The molecule has 0 bridgehead atoms. The molecular weight excluding hydrogens is 196 g/mol. The van der Waals surface area contributed by atoms with E-state index in [1.807, 2.05) is 12.1 Å². The summed E-state index contributed by atoms with van der Waals surface area (Å²) in [6.45, 7) is 8.74. The lowest BCUT2D eigenvalue weighted by atomic mass is 9.82. The molecule has 0 saturated heterocycles. The highest BCUT2D eigenvalue weighted by Crippen LogP contribution is 2.65. The monoisotopic (exact) mass is 216 g/mol. The third kappa shape index (κ3) is 1.51. The van der Waals surface area contributed by atoms with E-state index in [2.05, 4.69) is 44.7 Å². The molecule has 0 heterocycles. The van der Waals surface area contributed by atoms with Crippen LogP contribution in [0.5, 0.6) is 0 Å². The second-order valence-electron chi connectivity index (χ2n) is 5.07. The van der Waals surface area contributed by atoms with Crippen molar-refractivity contribution in [2.45, 2.75) is 19.8 Å². The molecule has 1 fully saturated rings. The van der Waals surface area contributed by atoms with Crippen LogP contribution in [0.1, 0.15) is 25.3 Å². The standard InChI is InChI=1S/C15H20O/c1-4-13(12-8-6-5-7-9-12)15(3)11(2)14(15)10-16/h4-9,11,13-14,16H,1,10H2,2-3H3/t11-,13?,14-,15-/m1/s1. The van der Waals surface area contributed by atoms with Gasteiger partial charge < -0.3 is 5.11 Å². The zero-order valence-electron chi connectivity index (χ0n) is 10.1. The number of hydrogen-bond acceptors (Lipinski definition) is 1. The molecule has 16 heavy (non-hydrogen) atoms. The zero-order valence-corrected chi connectivity index (χ0v) is 10.1. The predicted octanol–water partition coefficient (Wildman–Crippen LogP) is 3.22. The smallest absolute Gasteiger partial charge is 0.0467 e. The summed E-state index contributed by atoms with van der Waals surface area (Å²) in [7, 11) is 0. The summed E-state index contributed by atoms with van der Waals surface area (Å²) in [5.41, 5.74) is 1.49. The van der Waals surface area contributed by atoms with Crippen molar-refractivity contribution in [3.8, 4) is 0 Å². The largest absolute Gasteiger partial charge is 0.396 e. The van der Waals surface area contributed by atoms with Gasteiger partial charge in [-0.2, -0.15) is 0 Å². The van der Waals surface area contributed by atoms with Gasteiger partial charge >= 0.3 is 0 Å². The lowest BCUT2D eigenvalue weighted by Gasteiger charge is -2.22. The van der Waals surface area contributed by atoms with E-state index in [0.717, 1.165) is 0 Å². The Labute approximate surface area is 97.8 Å². The first-order chi connectivity index (χ1) is 7.66. The number of aliphatic hydroxyl groups excluding tert-OH is 1. The topological polar surface area (TPSA) is 20.2 Å². The molecule has 2 rings (SSSR count). The van der Waals surface area contributed by atoms with Crippen LogP contribution in [0.25, 0.3) is 0 Å². The average Bonchev–Trinajstić information content (AvgIpc) is 2.83. The molecule has 1 heteroatoms. The number of hydrogen-bond donors (Lipinski definition) is 1. The third-order valence-corrected chi connectivity index (χ3v) is 4.54. The SMILES string of the molecule is C=CC(c1ccccc1)[C@@]1(C)[C@H](C)[C@H]1CO. The molecule has 1 saturated carbocycles. The van der Waals surface area contributed by atoms with Crippen LogP contribution < -0.4 is 0 Å². The summed E-state index contributed by atoms with van der Waals surface area (Å²) in [5, 5.41) is 9.37. The Morgan fingerprint density at radius 1 is 1.44 bits per heavy atom. The molecule has 1 N–H and O–H groups in total. The molecule has 0 spiro atoms. The number of rotatable bonds is 4. The van der Waals surface area contributed by atoms with Crippen molar-refractivity contribution in [1.29, 1.82) is 0 Å². The predicted molar refractivity (Wildman–Crippen MR) is 67.2 cm³/mol. The van der Waals surface area contributed by atoms with Gasteiger partial charge in [-0.05, 0) is 22.8 Å². The second-order valence-corrected chi connectivity index (χ2v) is 5.07. The highest BCUT2D eigenvalue weighted by molar-refractivity contribution is 5.31. The van der Waals surface area contributed by atoms with Gasteiger partial charge in [-0.1, -0.05) is 50.3 Å². The highest BCUT2D eigenvalue weighted by Gasteiger charge is 2.61. The van der Waals surface area contributed by atoms with E-state index in [0.29, 0.717) is 17.8 Å². The molecule has 0 aliphatic heterocycles. The second kappa shape index (κ2) is 4.06. The van der Waals surface area contributed by atoms with Gasteiger partial charge in [0.05, 0.1) is 0 Å². The van der Waals surface area contributed by atoms with E-state index >= 15 is 0 Å². The van der Waals surface area contributed by atoms with Crippen LogP contribution in [0.4, 0.5) is 0 Å². The van der Waals surface area contributed by atoms with Crippen LogP contribution in [0.2, 0.25) is 0 Å². The maximum Gasteiger partial charge on any atom is 0.0467 e. The highest BCUT2D eigenvalue weighted by atomic mass is 16.3. The van der Waals surface area contributed by atoms with Crippen LogP contribution in [-0.2, 0) is 0 Å². The minimum absolute atomic E-state index is 0.178. The van der Waals surface area contributed by atoms with Crippen molar-refractivity contribution >= 4 is 0 Å². The van der Waals surface area contributed by atoms with Gasteiger partial charge in [-0.25, -0.2) is 0 Å². The molecule has 1 aromatic rings. The normalized spacial score (nSPS) is 34.4. The minimum atomic E-state index is 0.178. The summed E-state index contributed by atoms with van der Waals surface area (Å²) in [5.74, 6) is 1.33. The fraction of sp³-hybridized carbons (Fsp3) is 0.467. The Morgan fingerprint density at radius 3 is 2.50 bits per heavy atom. The van der Waals surface area contributed by atoms with Crippen LogP contribution in [0.3, 0.4) is 0 Å². The van der Waals surface area contributed by atoms with Crippen molar-refractivity contribution in [2.75, 3.05) is 6.61 Å². The van der Waals surface area contributed by atoms with Gasteiger partial charge in [0.1, 0.15) is 0 Å². The number of benzene rings is 1. The molecule has 4 atom stereocenters. The lowest BCUT2D eigenvalue weighted by Crippen LogP contribution is -2.13. The van der Waals surface area contributed by atoms with Gasteiger partial charge in [0.25, 0.3) is 0 Å². The summed E-state index contributed by atoms with van der Waals surface area (Å²) < 4.78 is 0. The quantitative estimate of drug-likeness (QED) is 0.766. The van der Waals surface area contributed by atoms with Crippen LogP contribution in [-0.4, -0.2) is 11.7 Å². The molecule has 1 unspecified atom stereocenters. The van der Waals surface area contributed by atoms with E-state index in [4.69, 9.17) is 0 Å². The molecule has 0 radical (unpaired) electrons. The van der Waals surface area contributed by atoms with Crippen LogP contribution in [0.15, 0.2) is 43.0 Å². The summed E-state index contributed by atoms with van der Waals surface area (Å²) >= 11 is 0. The Hall–Kier alpha value is -1.08. The Balaban J connectivity index is 2.29. The van der Waals surface area contributed by atoms with Gasteiger partial charge in [0.15, 0.2) is 0 Å². The summed E-state index contributed by atoms with van der Waals surface area (Å²) in [4.78, 5) is 0. The third-order valence-electron chi connectivity index (χ3n) is 4.54. The van der Waals surface area contributed by atoms with Crippen molar-refractivity contribution in [1.82, 2.24) is 0 Å². The Kier molecular flexibility index (Phi) is 2.90. The van der Waals surface area contributed by atoms with Crippen LogP contribution >= 0.6 is 0 Å². The van der Waals surface area contributed by atoms with Gasteiger partial charge in [0, 0.05) is 12.5 Å². The number of aliphatic hydroxyl groups is 1. The Morgan fingerprint density at radius 2 is 2.06 bits per heavy atom. The minimum Gasteiger partial charge on any atom is -0.396 e. The average molecular weight is 216 g/mol. The maximum absolute atomic E-state index is 9.37. The summed E-state index contributed by atoms with van der Waals surface area (Å²) in [6, 6.07) is 10.5. The fourth-order valence-electron chi connectivity index (χ4n) is 3.14. The molecule has 1 aliphatic carbocycles. The Bertz CT molecular complexity index is 370. The van der Waals surface area contributed by atoms with Gasteiger partial charge in [-0.15, -0.1) is 6.58 Å². The molecule has 1 aromatic carbocycles. The fourth-order valence-corrected chi connectivity index (χ4v) is 3.14. The first kappa shape index (κ1) is 11.4. The van der Waals surface area contributed by atoms with E-state index in [9.17, 15) is 5.11 Å². The maximum atomic E-state index is 9.37. The lowest BCUT2D eigenvalue weighted by molar-refractivity contribution is 0.247. The molecule has 86 valence electrons. The first-order valence-corrected chi connectivity index (χ1v) is 5.94. The first-order valence-electron chi connectivity index (χ1n) is 5.94. The van der Waals surface area contributed by atoms with E-state index in [1.54, 1.807) is 0 Å². The van der Waals surface area contributed by atoms with Crippen molar-refractivity contribution in [2.24, 2.45) is 17.3 Å². The molecule has 1 aliphatic rings. The zero-order chi connectivity index (χ0) is 11.8. The van der Waals surface area contributed by atoms with Crippen molar-refractivity contribution < 1.29 is 5.11 Å². The molecule has 0 aromatic heterocycles. The van der Waals surface area contributed by atoms with Gasteiger partial charge in [0.2, 0.25) is 0 Å². The molecule has 1 nitrogen and oxygen atoms in total. The number of allylic oxidation sites excluding steroid dienone is 1. The van der Waals surface area contributed by atoms with E-state index < -0.39 is 0 Å². The van der Waals surface area contributed by atoms with Crippen LogP contribution in [0, 0.1) is 17.3 Å². The van der Waals surface area contributed by atoms with Gasteiger partial charge in [-0.3, -0.25) is 0 Å². The van der Waals surface area contributed by atoms with E-state index in [1.165, 1.54) is 5.56 Å². The van der Waals surface area contributed by atoms with E-state index in [-0.39, 0.29) is 12.0 Å². The van der Waals surface area contributed by atoms with Crippen molar-refractivity contribution in [3.63, 3.8) is 0 Å². The summed E-state index contributed by atoms with van der Waals surface area (Å²) in [6.07, 6.45) is 2.03.